The monoisotopic (exact) mass is 343 g/mol. The third-order valence-corrected chi connectivity index (χ3v) is 5.52. The molecule has 1 aliphatic carbocycles. The molecule has 0 spiro atoms. The van der Waals surface area contributed by atoms with Crippen molar-refractivity contribution < 1.29 is 9.53 Å². The highest BCUT2D eigenvalue weighted by Crippen LogP contribution is 2.42. The number of hydrogen-bond donors (Lipinski definition) is 1. The van der Waals surface area contributed by atoms with Crippen LogP contribution in [0.3, 0.4) is 0 Å². The van der Waals surface area contributed by atoms with Crippen molar-refractivity contribution in [3.05, 3.63) is 35.0 Å². The Bertz CT molecular complexity index is 842. The number of thiocarbonyl (C=S) groups is 1. The number of ether oxygens (including phenoxy) is 1. The van der Waals surface area contributed by atoms with E-state index in [9.17, 15) is 4.79 Å². The normalized spacial score (nSPS) is 19.1. The summed E-state index contributed by atoms with van der Waals surface area (Å²) in [6, 6.07) is 6.95. The SMILES string of the molecule is COC(=O)NC(=S)N1CCn2c3c(c4cc(C)ccc42)CCC[C@@H]31. The Balaban J connectivity index is 1.77. The van der Waals surface area contributed by atoms with Crippen LogP contribution in [0.25, 0.3) is 10.9 Å². The largest absolute Gasteiger partial charge is 0.453 e. The van der Waals surface area contributed by atoms with Gasteiger partial charge in [-0.25, -0.2) is 4.79 Å². The molecule has 1 amide bonds. The topological polar surface area (TPSA) is 46.5 Å². The molecular formula is C18H21N3O2S. The first-order valence-corrected chi connectivity index (χ1v) is 8.78. The van der Waals surface area contributed by atoms with Gasteiger partial charge in [-0.15, -0.1) is 0 Å². The summed E-state index contributed by atoms with van der Waals surface area (Å²) in [5.41, 5.74) is 5.45. The lowest BCUT2D eigenvalue weighted by Crippen LogP contribution is -2.49. The van der Waals surface area contributed by atoms with E-state index < -0.39 is 6.09 Å². The molecule has 1 aromatic carbocycles. The lowest BCUT2D eigenvalue weighted by molar-refractivity contribution is 0.172. The van der Waals surface area contributed by atoms with Gasteiger partial charge in [-0.1, -0.05) is 11.6 Å². The van der Waals surface area contributed by atoms with E-state index in [1.165, 1.54) is 34.8 Å². The molecule has 1 aromatic heterocycles. The lowest BCUT2D eigenvalue weighted by Gasteiger charge is -2.41. The van der Waals surface area contributed by atoms with E-state index in [0.717, 1.165) is 32.4 Å². The number of amides is 1. The molecule has 1 N–H and O–H groups in total. The molecule has 4 rings (SSSR count). The predicted octanol–water partition coefficient (Wildman–Crippen LogP) is 3.28. The quantitative estimate of drug-likeness (QED) is 0.746. The number of alkyl carbamates (subject to hydrolysis) is 1. The van der Waals surface area contributed by atoms with Crippen LogP contribution in [0.2, 0.25) is 0 Å². The minimum Gasteiger partial charge on any atom is -0.453 e. The molecule has 2 aliphatic rings. The molecule has 0 saturated carbocycles. The van der Waals surface area contributed by atoms with Crippen LogP contribution in [0, 0.1) is 6.92 Å². The first kappa shape index (κ1) is 15.4. The molecule has 24 heavy (non-hydrogen) atoms. The zero-order valence-electron chi connectivity index (χ0n) is 14.0. The molecule has 0 fully saturated rings. The number of carbonyl (C=O) groups excluding carboxylic acids is 1. The van der Waals surface area contributed by atoms with Gasteiger partial charge in [-0.05, 0) is 56.1 Å². The molecule has 1 aliphatic heterocycles. The Kier molecular flexibility index (Phi) is 3.72. The third-order valence-electron chi connectivity index (χ3n) is 5.18. The van der Waals surface area contributed by atoms with Crippen LogP contribution in [-0.2, 0) is 17.7 Å². The average Bonchev–Trinajstić information content (AvgIpc) is 2.90. The van der Waals surface area contributed by atoms with Gasteiger partial charge in [0.25, 0.3) is 0 Å². The van der Waals surface area contributed by atoms with Crippen LogP contribution in [0.5, 0.6) is 0 Å². The number of benzene rings is 1. The maximum Gasteiger partial charge on any atom is 0.413 e. The number of hydrogen-bond acceptors (Lipinski definition) is 3. The van der Waals surface area contributed by atoms with Crippen LogP contribution in [0.1, 0.15) is 35.7 Å². The predicted molar refractivity (Wildman–Crippen MR) is 97.2 cm³/mol. The molecule has 2 heterocycles. The van der Waals surface area contributed by atoms with Gasteiger partial charge in [-0.3, -0.25) is 5.32 Å². The maximum atomic E-state index is 11.5. The van der Waals surface area contributed by atoms with Crippen LogP contribution in [0.4, 0.5) is 4.79 Å². The number of nitrogens with one attached hydrogen (secondary N) is 1. The first-order valence-electron chi connectivity index (χ1n) is 8.37. The minimum absolute atomic E-state index is 0.236. The lowest BCUT2D eigenvalue weighted by atomic mass is 9.89. The van der Waals surface area contributed by atoms with Crippen molar-refractivity contribution >= 4 is 34.3 Å². The number of methoxy groups -OCH3 is 1. The number of rotatable bonds is 0. The number of fused-ring (bicyclic) bond motifs is 3. The van der Waals surface area contributed by atoms with E-state index in [1.54, 1.807) is 0 Å². The van der Waals surface area contributed by atoms with E-state index in [1.807, 2.05) is 0 Å². The number of aryl methyl sites for hydroxylation is 2. The van der Waals surface area contributed by atoms with Gasteiger partial charge < -0.3 is 14.2 Å². The smallest absolute Gasteiger partial charge is 0.413 e. The van der Waals surface area contributed by atoms with Crippen molar-refractivity contribution in [3.8, 4) is 0 Å². The van der Waals surface area contributed by atoms with Crippen molar-refractivity contribution in [2.24, 2.45) is 0 Å². The first-order chi connectivity index (χ1) is 11.6. The fraction of sp³-hybridized carbons (Fsp3) is 0.444. The highest BCUT2D eigenvalue weighted by Gasteiger charge is 2.36. The highest BCUT2D eigenvalue weighted by atomic mass is 32.1. The third kappa shape index (κ3) is 2.28. The molecule has 0 radical (unpaired) electrons. The highest BCUT2D eigenvalue weighted by molar-refractivity contribution is 7.80. The zero-order valence-corrected chi connectivity index (χ0v) is 14.8. The molecule has 2 aromatic rings. The van der Waals surface area contributed by atoms with Crippen molar-refractivity contribution in [1.82, 2.24) is 14.8 Å². The van der Waals surface area contributed by atoms with Gasteiger partial charge in [-0.2, -0.15) is 0 Å². The average molecular weight is 343 g/mol. The van der Waals surface area contributed by atoms with E-state index in [2.05, 4.69) is 44.6 Å². The fourth-order valence-corrected chi connectivity index (χ4v) is 4.47. The zero-order chi connectivity index (χ0) is 16.8. The minimum atomic E-state index is -0.502. The van der Waals surface area contributed by atoms with Crippen LogP contribution >= 0.6 is 12.2 Å². The van der Waals surface area contributed by atoms with E-state index in [4.69, 9.17) is 12.2 Å². The molecule has 1 atom stereocenters. The molecule has 6 heteroatoms. The Hall–Kier alpha value is -2.08. The van der Waals surface area contributed by atoms with E-state index in [-0.39, 0.29) is 6.04 Å². The van der Waals surface area contributed by atoms with Crippen LogP contribution in [-0.4, -0.2) is 34.3 Å². The molecule has 0 saturated heterocycles. The van der Waals surface area contributed by atoms with Gasteiger partial charge in [0, 0.05) is 29.7 Å². The van der Waals surface area contributed by atoms with Gasteiger partial charge in [0.15, 0.2) is 5.11 Å². The number of aromatic nitrogens is 1. The van der Waals surface area contributed by atoms with Gasteiger partial charge >= 0.3 is 6.09 Å². The second-order valence-corrected chi connectivity index (χ2v) is 6.95. The molecule has 126 valence electrons. The molecular weight excluding hydrogens is 322 g/mol. The summed E-state index contributed by atoms with van der Waals surface area (Å²) in [4.78, 5) is 13.7. The van der Waals surface area contributed by atoms with Crippen LogP contribution in [0.15, 0.2) is 18.2 Å². The van der Waals surface area contributed by atoms with Gasteiger partial charge in [0.05, 0.1) is 13.2 Å². The Morgan fingerprint density at radius 1 is 1.38 bits per heavy atom. The molecule has 5 nitrogen and oxygen atoms in total. The van der Waals surface area contributed by atoms with Crippen molar-refractivity contribution in [2.75, 3.05) is 13.7 Å². The summed E-state index contributed by atoms with van der Waals surface area (Å²) >= 11 is 5.46. The Morgan fingerprint density at radius 3 is 3.00 bits per heavy atom. The van der Waals surface area contributed by atoms with Crippen molar-refractivity contribution in [2.45, 2.75) is 38.8 Å². The molecule has 0 bridgehead atoms. The van der Waals surface area contributed by atoms with Crippen LogP contribution < -0.4 is 5.32 Å². The summed E-state index contributed by atoms with van der Waals surface area (Å²) in [6.07, 6.45) is 2.81. The summed E-state index contributed by atoms with van der Waals surface area (Å²) < 4.78 is 7.13. The van der Waals surface area contributed by atoms with Gasteiger partial charge in [0.2, 0.25) is 0 Å². The molecule has 0 unspecified atom stereocenters. The Morgan fingerprint density at radius 2 is 2.21 bits per heavy atom. The second kappa shape index (κ2) is 5.77. The number of carbonyl (C=O) groups is 1. The summed E-state index contributed by atoms with van der Waals surface area (Å²) in [6.45, 7) is 3.83. The second-order valence-electron chi connectivity index (χ2n) is 6.56. The maximum absolute atomic E-state index is 11.5. The fourth-order valence-electron chi connectivity index (χ4n) is 4.17. The summed E-state index contributed by atoms with van der Waals surface area (Å²) in [7, 11) is 1.35. The van der Waals surface area contributed by atoms with Crippen molar-refractivity contribution in [1.29, 1.82) is 0 Å². The van der Waals surface area contributed by atoms with Crippen molar-refractivity contribution in [3.63, 3.8) is 0 Å². The van der Waals surface area contributed by atoms with Gasteiger partial charge in [0.1, 0.15) is 0 Å². The summed E-state index contributed by atoms with van der Waals surface area (Å²) in [5.74, 6) is 0. The number of nitrogens with zero attached hydrogens (tertiary/aromatic N) is 2. The van der Waals surface area contributed by atoms with E-state index >= 15 is 0 Å². The Labute approximate surface area is 146 Å². The summed E-state index contributed by atoms with van der Waals surface area (Å²) in [5, 5.41) is 4.51. The standard InChI is InChI=1S/C18H21N3O2S/c1-11-6-7-14-13(10-11)12-4-3-5-15-16(12)20(14)8-9-21(15)17(24)19-18(22)23-2/h6-7,10,15H,3-5,8-9H2,1-2H3,(H,19,22,24)/t15-/m0/s1. The van der Waals surface area contributed by atoms with E-state index in [0.29, 0.717) is 5.11 Å².